The standard InChI is InChI=1S/C36H62O2/c1-2-3-4-5-6-7-8-9-10-11-12-13-14-15-16-17-18-19-20-21-22-23-24-25-26-27-28-29-30-31-32-33-34-35-36(37)38/h3-4,6-7,9-10,12-13,15-16H,2,5,8,11,14,17-35H2,1H3,(H,37,38)/b4-3-,7-6-,10-9-,13-12-,16-15-. The molecule has 0 radical (unpaired) electrons. The molecule has 0 aromatic carbocycles. The van der Waals surface area contributed by atoms with E-state index in [1.807, 2.05) is 0 Å². The summed E-state index contributed by atoms with van der Waals surface area (Å²) in [6.45, 7) is 2.17. The Kier molecular flexibility index (Phi) is 31.6. The fourth-order valence-electron chi connectivity index (χ4n) is 4.56. The lowest BCUT2D eigenvalue weighted by atomic mass is 10.0. The molecule has 0 amide bonds. The SMILES string of the molecule is CC/C=C\C/C=C\C/C=C\C/C=C\C/C=C\CCCCCCCCCCCCCCCCCCCC(=O)O. The van der Waals surface area contributed by atoms with Crippen LogP contribution in [0.2, 0.25) is 0 Å². The van der Waals surface area contributed by atoms with Crippen molar-refractivity contribution in [2.75, 3.05) is 0 Å². The molecular weight excluding hydrogens is 464 g/mol. The van der Waals surface area contributed by atoms with Crippen LogP contribution in [-0.4, -0.2) is 11.1 Å². The molecule has 2 nitrogen and oxygen atoms in total. The third-order valence-corrected chi connectivity index (χ3v) is 6.92. The zero-order valence-corrected chi connectivity index (χ0v) is 25.1. The second kappa shape index (κ2) is 33.2. The average molecular weight is 527 g/mol. The van der Waals surface area contributed by atoms with Crippen molar-refractivity contribution in [1.82, 2.24) is 0 Å². The lowest BCUT2D eigenvalue weighted by molar-refractivity contribution is -0.137. The summed E-state index contributed by atoms with van der Waals surface area (Å²) < 4.78 is 0. The maximum Gasteiger partial charge on any atom is 0.303 e. The minimum Gasteiger partial charge on any atom is -0.481 e. The molecule has 38 heavy (non-hydrogen) atoms. The first kappa shape index (κ1) is 36.2. The monoisotopic (exact) mass is 526 g/mol. The fourth-order valence-corrected chi connectivity index (χ4v) is 4.56. The molecule has 0 aromatic rings. The van der Waals surface area contributed by atoms with Crippen molar-refractivity contribution in [1.29, 1.82) is 0 Å². The van der Waals surface area contributed by atoms with E-state index in [4.69, 9.17) is 5.11 Å². The molecule has 0 aromatic heterocycles. The van der Waals surface area contributed by atoms with Gasteiger partial charge in [0.2, 0.25) is 0 Å². The van der Waals surface area contributed by atoms with Crippen LogP contribution in [0.15, 0.2) is 60.8 Å². The lowest BCUT2D eigenvalue weighted by Gasteiger charge is -2.03. The van der Waals surface area contributed by atoms with Gasteiger partial charge in [0.05, 0.1) is 0 Å². The Morgan fingerprint density at radius 3 is 1.05 bits per heavy atom. The third-order valence-electron chi connectivity index (χ3n) is 6.92. The Hall–Kier alpha value is -1.83. The molecule has 0 saturated carbocycles. The summed E-state index contributed by atoms with van der Waals surface area (Å²) in [4.78, 5) is 10.5. The van der Waals surface area contributed by atoms with E-state index in [0.717, 1.165) is 44.9 Å². The molecule has 0 aliphatic rings. The van der Waals surface area contributed by atoms with E-state index < -0.39 is 5.97 Å². The van der Waals surface area contributed by atoms with Crippen LogP contribution in [0, 0.1) is 0 Å². The average Bonchev–Trinajstić information content (AvgIpc) is 2.91. The first-order valence-corrected chi connectivity index (χ1v) is 16.2. The Balaban J connectivity index is 3.23. The Bertz CT molecular complexity index is 623. The maximum atomic E-state index is 10.5. The molecule has 1 N–H and O–H groups in total. The molecule has 0 spiro atoms. The quantitative estimate of drug-likeness (QED) is 0.0777. The van der Waals surface area contributed by atoms with Crippen molar-refractivity contribution < 1.29 is 9.90 Å². The van der Waals surface area contributed by atoms with Crippen molar-refractivity contribution in [3.05, 3.63) is 60.8 Å². The van der Waals surface area contributed by atoms with Crippen molar-refractivity contribution in [3.8, 4) is 0 Å². The first-order valence-electron chi connectivity index (χ1n) is 16.2. The predicted octanol–water partition coefficient (Wildman–Crippen LogP) is 12.2. The highest BCUT2D eigenvalue weighted by Crippen LogP contribution is 2.14. The predicted molar refractivity (Wildman–Crippen MR) is 170 cm³/mol. The van der Waals surface area contributed by atoms with Crippen molar-refractivity contribution in [2.45, 2.75) is 161 Å². The molecule has 0 bridgehead atoms. The lowest BCUT2D eigenvalue weighted by Crippen LogP contribution is -1.93. The van der Waals surface area contributed by atoms with Crippen LogP contribution in [0.3, 0.4) is 0 Å². The molecular formula is C36H62O2. The topological polar surface area (TPSA) is 37.3 Å². The van der Waals surface area contributed by atoms with Crippen molar-refractivity contribution >= 4 is 5.97 Å². The molecule has 0 atom stereocenters. The Morgan fingerprint density at radius 2 is 0.711 bits per heavy atom. The van der Waals surface area contributed by atoms with E-state index >= 15 is 0 Å². The van der Waals surface area contributed by atoms with Crippen LogP contribution in [0.4, 0.5) is 0 Å². The van der Waals surface area contributed by atoms with E-state index in [2.05, 4.69) is 67.7 Å². The third kappa shape index (κ3) is 34.2. The minimum absolute atomic E-state index is 0.339. The number of hydrogen-bond acceptors (Lipinski definition) is 1. The fraction of sp³-hybridized carbons (Fsp3) is 0.694. The normalized spacial score (nSPS) is 12.4. The number of carbonyl (C=O) groups is 1. The zero-order valence-electron chi connectivity index (χ0n) is 25.1. The highest BCUT2D eigenvalue weighted by atomic mass is 16.4. The maximum absolute atomic E-state index is 10.5. The van der Waals surface area contributed by atoms with Crippen LogP contribution in [0.5, 0.6) is 0 Å². The molecule has 2 heteroatoms. The van der Waals surface area contributed by atoms with Gasteiger partial charge in [-0.25, -0.2) is 0 Å². The molecule has 0 unspecified atom stereocenters. The van der Waals surface area contributed by atoms with Crippen molar-refractivity contribution in [2.24, 2.45) is 0 Å². The van der Waals surface area contributed by atoms with Crippen LogP contribution >= 0.6 is 0 Å². The van der Waals surface area contributed by atoms with Gasteiger partial charge in [0.15, 0.2) is 0 Å². The molecule has 0 saturated heterocycles. The summed E-state index contributed by atoms with van der Waals surface area (Å²) in [5.41, 5.74) is 0. The van der Waals surface area contributed by atoms with Gasteiger partial charge < -0.3 is 5.11 Å². The zero-order chi connectivity index (χ0) is 27.6. The summed E-state index contributed by atoms with van der Waals surface area (Å²) in [7, 11) is 0. The van der Waals surface area contributed by atoms with Crippen molar-refractivity contribution in [3.63, 3.8) is 0 Å². The van der Waals surface area contributed by atoms with Gasteiger partial charge >= 0.3 is 5.97 Å². The van der Waals surface area contributed by atoms with Crippen LogP contribution in [0.1, 0.15) is 161 Å². The number of carboxylic acids is 1. The number of unbranched alkanes of at least 4 members (excludes halogenated alkanes) is 17. The van der Waals surface area contributed by atoms with E-state index in [9.17, 15) is 4.79 Å². The summed E-state index contributed by atoms with van der Waals surface area (Å²) in [5, 5.41) is 8.62. The smallest absolute Gasteiger partial charge is 0.303 e. The Morgan fingerprint density at radius 1 is 0.421 bits per heavy atom. The van der Waals surface area contributed by atoms with Crippen LogP contribution in [-0.2, 0) is 4.79 Å². The molecule has 218 valence electrons. The number of allylic oxidation sites excluding steroid dienone is 10. The van der Waals surface area contributed by atoms with E-state index in [1.54, 1.807) is 0 Å². The van der Waals surface area contributed by atoms with Gasteiger partial charge in [0.1, 0.15) is 0 Å². The van der Waals surface area contributed by atoms with Gasteiger partial charge in [-0.1, -0.05) is 164 Å². The highest BCUT2D eigenvalue weighted by Gasteiger charge is 1.97. The van der Waals surface area contributed by atoms with Gasteiger partial charge in [-0.3, -0.25) is 4.79 Å². The second-order valence-corrected chi connectivity index (χ2v) is 10.7. The van der Waals surface area contributed by atoms with E-state index in [0.29, 0.717) is 6.42 Å². The van der Waals surface area contributed by atoms with Gasteiger partial charge in [-0.15, -0.1) is 0 Å². The van der Waals surface area contributed by atoms with Crippen LogP contribution < -0.4 is 0 Å². The van der Waals surface area contributed by atoms with Crippen LogP contribution in [0.25, 0.3) is 0 Å². The molecule has 0 rings (SSSR count). The number of aliphatic carboxylic acids is 1. The molecule has 0 aliphatic heterocycles. The minimum atomic E-state index is -0.655. The highest BCUT2D eigenvalue weighted by molar-refractivity contribution is 5.66. The van der Waals surface area contributed by atoms with Gasteiger partial charge in [-0.05, 0) is 51.4 Å². The number of carboxylic acid groups (broad SMARTS) is 1. The number of hydrogen-bond donors (Lipinski definition) is 1. The van der Waals surface area contributed by atoms with Gasteiger partial charge in [0, 0.05) is 6.42 Å². The number of rotatable bonds is 29. The van der Waals surface area contributed by atoms with Gasteiger partial charge in [-0.2, -0.15) is 0 Å². The largest absolute Gasteiger partial charge is 0.481 e. The summed E-state index contributed by atoms with van der Waals surface area (Å²) >= 11 is 0. The summed E-state index contributed by atoms with van der Waals surface area (Å²) in [6, 6.07) is 0. The first-order chi connectivity index (χ1) is 18.8. The van der Waals surface area contributed by atoms with Gasteiger partial charge in [0.25, 0.3) is 0 Å². The summed E-state index contributed by atoms with van der Waals surface area (Å²) in [6.07, 6.45) is 52.1. The van der Waals surface area contributed by atoms with E-state index in [-0.39, 0.29) is 0 Å². The summed E-state index contributed by atoms with van der Waals surface area (Å²) in [5.74, 6) is -0.655. The molecule has 0 fully saturated rings. The molecule has 0 heterocycles. The van der Waals surface area contributed by atoms with E-state index in [1.165, 1.54) is 103 Å². The Labute approximate surface area is 237 Å². The second-order valence-electron chi connectivity index (χ2n) is 10.7. The molecule has 0 aliphatic carbocycles.